The molecule has 2 amide bonds. The van der Waals surface area contributed by atoms with E-state index in [9.17, 15) is 9.59 Å². The van der Waals surface area contributed by atoms with Crippen LogP contribution in [0.25, 0.3) is 0 Å². The van der Waals surface area contributed by atoms with Gasteiger partial charge in [0, 0.05) is 28.4 Å². The third-order valence-corrected chi connectivity index (χ3v) is 7.21. The summed E-state index contributed by atoms with van der Waals surface area (Å²) in [4.78, 5) is 30.2. The van der Waals surface area contributed by atoms with Crippen LogP contribution >= 0.6 is 22.7 Å². The summed E-state index contributed by atoms with van der Waals surface area (Å²) in [7, 11) is 0. The number of anilines is 1. The van der Waals surface area contributed by atoms with Crippen LogP contribution in [0.3, 0.4) is 0 Å². The van der Waals surface area contributed by atoms with Crippen molar-refractivity contribution >= 4 is 40.2 Å². The van der Waals surface area contributed by atoms with E-state index < -0.39 is 0 Å². The lowest BCUT2D eigenvalue weighted by molar-refractivity contribution is -0.129. The van der Waals surface area contributed by atoms with Gasteiger partial charge in [0.2, 0.25) is 11.8 Å². The average Bonchev–Trinajstić information content (AvgIpc) is 3.42. The molecule has 3 heterocycles. The second-order valence-electron chi connectivity index (χ2n) is 7.33. The summed E-state index contributed by atoms with van der Waals surface area (Å²) < 4.78 is 0. The topological polar surface area (TPSA) is 49.4 Å². The van der Waals surface area contributed by atoms with Crippen LogP contribution in [0.4, 0.5) is 5.69 Å². The molecule has 0 spiro atoms. The molecule has 150 valence electrons. The zero-order valence-corrected chi connectivity index (χ0v) is 18.0. The fourth-order valence-electron chi connectivity index (χ4n) is 3.86. The molecule has 2 atom stereocenters. The van der Waals surface area contributed by atoms with Crippen molar-refractivity contribution in [1.29, 1.82) is 0 Å². The van der Waals surface area contributed by atoms with Crippen molar-refractivity contribution in [3.63, 3.8) is 0 Å². The highest BCUT2D eigenvalue weighted by molar-refractivity contribution is 7.10. The highest BCUT2D eigenvalue weighted by Crippen LogP contribution is 2.41. The molecule has 0 bridgehead atoms. The maximum atomic E-state index is 13.1. The number of piperidine rings is 1. The highest BCUT2D eigenvalue weighted by atomic mass is 32.1. The molecule has 2 unspecified atom stereocenters. The lowest BCUT2D eigenvalue weighted by Crippen LogP contribution is -2.48. The van der Waals surface area contributed by atoms with Gasteiger partial charge in [0.25, 0.3) is 0 Å². The zero-order valence-electron chi connectivity index (χ0n) is 16.3. The number of amides is 2. The van der Waals surface area contributed by atoms with Gasteiger partial charge in [-0.3, -0.25) is 9.59 Å². The molecule has 0 radical (unpaired) electrons. The van der Waals surface area contributed by atoms with E-state index in [1.54, 1.807) is 22.7 Å². The molecule has 29 heavy (non-hydrogen) atoms. The van der Waals surface area contributed by atoms with E-state index in [2.05, 4.69) is 16.8 Å². The van der Waals surface area contributed by atoms with Gasteiger partial charge in [0.15, 0.2) is 0 Å². The summed E-state index contributed by atoms with van der Waals surface area (Å²) in [5, 5.41) is 7.17. The summed E-state index contributed by atoms with van der Waals surface area (Å²) in [6.45, 7) is 2.65. The molecule has 0 aliphatic carbocycles. The lowest BCUT2D eigenvalue weighted by atomic mass is 9.86. The number of benzene rings is 1. The van der Waals surface area contributed by atoms with Crippen molar-refractivity contribution in [2.45, 2.75) is 32.2 Å². The number of rotatable bonds is 6. The summed E-state index contributed by atoms with van der Waals surface area (Å²) >= 11 is 3.31. The number of carbonyl (C=O) groups excluding carboxylic acids is 2. The van der Waals surface area contributed by atoms with Gasteiger partial charge in [-0.2, -0.15) is 0 Å². The zero-order chi connectivity index (χ0) is 20.2. The Morgan fingerprint density at radius 2 is 1.86 bits per heavy atom. The van der Waals surface area contributed by atoms with Gasteiger partial charge in [-0.25, -0.2) is 0 Å². The molecule has 3 aromatic rings. The van der Waals surface area contributed by atoms with Crippen LogP contribution < -0.4 is 10.2 Å². The van der Waals surface area contributed by atoms with Crippen LogP contribution in [-0.4, -0.2) is 18.4 Å². The fraction of sp³-hybridized carbons (Fsp3) is 0.304. The van der Waals surface area contributed by atoms with E-state index in [1.807, 2.05) is 59.7 Å². The molecule has 2 aromatic heterocycles. The summed E-state index contributed by atoms with van der Waals surface area (Å²) in [5.41, 5.74) is 2.00. The Kier molecular flexibility index (Phi) is 6.11. The first kappa shape index (κ1) is 19.9. The molecule has 1 aliphatic rings. The minimum atomic E-state index is -0.263. The minimum absolute atomic E-state index is 0.0320. The van der Waals surface area contributed by atoms with Crippen LogP contribution in [0.15, 0.2) is 59.3 Å². The predicted molar refractivity (Wildman–Crippen MR) is 119 cm³/mol. The maximum absolute atomic E-state index is 13.1. The normalized spacial score (nSPS) is 19.3. The van der Waals surface area contributed by atoms with Gasteiger partial charge < -0.3 is 10.2 Å². The number of nitrogens with one attached hydrogen (secondary N) is 1. The maximum Gasteiger partial charge on any atom is 0.227 e. The van der Waals surface area contributed by atoms with Gasteiger partial charge >= 0.3 is 0 Å². The Morgan fingerprint density at radius 1 is 1.10 bits per heavy atom. The molecule has 4 rings (SSSR count). The largest absolute Gasteiger partial charge is 0.355 e. The quantitative estimate of drug-likeness (QED) is 0.608. The van der Waals surface area contributed by atoms with Crippen molar-refractivity contribution in [2.24, 2.45) is 5.92 Å². The summed E-state index contributed by atoms with van der Waals surface area (Å²) in [6, 6.07) is 15.8. The Bertz CT molecular complexity index is 949. The number of aryl methyl sites for hydroxylation is 1. The van der Waals surface area contributed by atoms with Crippen molar-refractivity contribution in [3.05, 3.63) is 74.6 Å². The first-order valence-electron chi connectivity index (χ1n) is 9.85. The molecule has 0 saturated carbocycles. The summed E-state index contributed by atoms with van der Waals surface area (Å²) in [5.74, 6) is -0.143. The predicted octanol–water partition coefficient (Wildman–Crippen LogP) is 4.96. The van der Waals surface area contributed by atoms with Crippen molar-refractivity contribution in [2.75, 3.05) is 11.4 Å². The van der Waals surface area contributed by atoms with E-state index >= 15 is 0 Å². The molecule has 1 N–H and O–H groups in total. The van der Waals surface area contributed by atoms with E-state index in [-0.39, 0.29) is 23.8 Å². The van der Waals surface area contributed by atoms with Gasteiger partial charge in [-0.05, 0) is 54.8 Å². The van der Waals surface area contributed by atoms with Crippen LogP contribution in [0, 0.1) is 12.8 Å². The van der Waals surface area contributed by atoms with E-state index in [0.29, 0.717) is 19.4 Å². The first-order chi connectivity index (χ1) is 14.1. The Hall–Kier alpha value is -2.44. The number of carbonyl (C=O) groups is 2. The van der Waals surface area contributed by atoms with E-state index in [1.165, 1.54) is 4.88 Å². The second kappa shape index (κ2) is 8.93. The molecule has 1 saturated heterocycles. The number of hydrogen-bond donors (Lipinski definition) is 1. The van der Waals surface area contributed by atoms with E-state index in [4.69, 9.17) is 0 Å². The fourth-order valence-corrected chi connectivity index (χ4v) is 5.45. The Labute approximate surface area is 179 Å². The smallest absolute Gasteiger partial charge is 0.227 e. The Balaban J connectivity index is 1.57. The monoisotopic (exact) mass is 424 g/mol. The van der Waals surface area contributed by atoms with Crippen LogP contribution in [0.1, 0.15) is 34.2 Å². The highest BCUT2D eigenvalue weighted by Gasteiger charge is 2.41. The van der Waals surface area contributed by atoms with Crippen LogP contribution in [0.5, 0.6) is 0 Å². The first-order valence-corrected chi connectivity index (χ1v) is 11.6. The molecule has 1 aromatic carbocycles. The number of hydrogen-bond acceptors (Lipinski definition) is 4. The van der Waals surface area contributed by atoms with Crippen molar-refractivity contribution in [1.82, 2.24) is 5.32 Å². The standard InChI is InChI=1S/C23H24N2O2S2/c1-16-6-8-17(9-7-16)25-21(26)11-10-19(22(25)20-5-3-15-29-20)23(27)24-13-12-18-4-2-14-28-18/h2-9,14-15,19,22H,10-13H2,1H3,(H,24,27). The van der Waals surface area contributed by atoms with Crippen molar-refractivity contribution in [3.8, 4) is 0 Å². The van der Waals surface area contributed by atoms with Gasteiger partial charge in [0.05, 0.1) is 12.0 Å². The molecule has 4 nitrogen and oxygen atoms in total. The van der Waals surface area contributed by atoms with Gasteiger partial charge in [-0.15, -0.1) is 22.7 Å². The Morgan fingerprint density at radius 3 is 2.55 bits per heavy atom. The van der Waals surface area contributed by atoms with E-state index in [0.717, 1.165) is 22.5 Å². The average molecular weight is 425 g/mol. The summed E-state index contributed by atoms with van der Waals surface area (Å²) in [6.07, 6.45) is 1.80. The molecule has 6 heteroatoms. The molecule has 1 fully saturated rings. The van der Waals surface area contributed by atoms with Gasteiger partial charge in [0.1, 0.15) is 0 Å². The van der Waals surface area contributed by atoms with Crippen molar-refractivity contribution < 1.29 is 9.59 Å². The number of thiophene rings is 2. The molecular weight excluding hydrogens is 400 g/mol. The lowest BCUT2D eigenvalue weighted by Gasteiger charge is -2.40. The van der Waals surface area contributed by atoms with Crippen LogP contribution in [-0.2, 0) is 16.0 Å². The third-order valence-electron chi connectivity index (χ3n) is 5.33. The number of nitrogens with zero attached hydrogens (tertiary/aromatic N) is 1. The SMILES string of the molecule is Cc1ccc(N2C(=O)CCC(C(=O)NCCc3cccs3)C2c2cccs2)cc1. The van der Waals surface area contributed by atoms with Gasteiger partial charge in [-0.1, -0.05) is 29.8 Å². The minimum Gasteiger partial charge on any atom is -0.355 e. The molecular formula is C23H24N2O2S2. The second-order valence-corrected chi connectivity index (χ2v) is 9.34. The van der Waals surface area contributed by atoms with Crippen LogP contribution in [0.2, 0.25) is 0 Å². The third kappa shape index (κ3) is 4.43. The molecule has 1 aliphatic heterocycles.